The highest BCUT2D eigenvalue weighted by Crippen LogP contribution is 2.15. The number of esters is 3. The highest BCUT2D eigenvalue weighted by molar-refractivity contribution is 5.71. The number of allylic oxidation sites excluding steroid dienone is 14. The van der Waals surface area contributed by atoms with Gasteiger partial charge in [0.25, 0.3) is 0 Å². The van der Waals surface area contributed by atoms with Crippen LogP contribution in [-0.2, 0) is 28.6 Å². The van der Waals surface area contributed by atoms with Crippen molar-refractivity contribution in [2.75, 3.05) is 13.2 Å². The first kappa shape index (κ1) is 65.6. The molecule has 0 radical (unpaired) electrons. The van der Waals surface area contributed by atoms with Gasteiger partial charge in [-0.3, -0.25) is 14.4 Å². The summed E-state index contributed by atoms with van der Waals surface area (Å²) < 4.78 is 16.8. The first-order chi connectivity index (χ1) is 34.0. The normalized spacial score (nSPS) is 12.7. The number of ether oxygens (including phenoxy) is 3. The van der Waals surface area contributed by atoms with Crippen LogP contribution in [0.25, 0.3) is 0 Å². The minimum absolute atomic E-state index is 0.112. The lowest BCUT2D eigenvalue weighted by atomic mass is 10.0. The second-order valence-electron chi connectivity index (χ2n) is 19.2. The number of unbranched alkanes of at least 4 members (excludes halogenated alkanes) is 27. The van der Waals surface area contributed by atoms with Crippen LogP contribution >= 0.6 is 0 Å². The van der Waals surface area contributed by atoms with Crippen LogP contribution in [0.4, 0.5) is 0 Å². The van der Waals surface area contributed by atoms with Crippen molar-refractivity contribution in [1.29, 1.82) is 0 Å². The van der Waals surface area contributed by atoms with E-state index < -0.39 is 6.10 Å². The van der Waals surface area contributed by atoms with E-state index >= 15 is 0 Å². The fraction of sp³-hybridized carbons (Fsp3) is 0.730. The summed E-state index contributed by atoms with van der Waals surface area (Å²) in [5.41, 5.74) is 0. The molecular formula is C63H108O6. The molecule has 0 aromatic rings. The molecule has 0 aromatic carbocycles. The number of hydrogen-bond donors (Lipinski definition) is 0. The second-order valence-corrected chi connectivity index (χ2v) is 19.2. The number of carbonyl (C=O) groups excluding carboxylic acids is 3. The lowest BCUT2D eigenvalue weighted by Crippen LogP contribution is -2.30. The molecule has 0 heterocycles. The van der Waals surface area contributed by atoms with Crippen LogP contribution in [0.1, 0.15) is 278 Å². The predicted octanol–water partition coefficient (Wildman–Crippen LogP) is 19.5. The maximum atomic E-state index is 12.8. The molecule has 1 atom stereocenters. The number of carbonyl (C=O) groups is 3. The molecule has 0 aromatic heterocycles. The Labute approximate surface area is 426 Å². The van der Waals surface area contributed by atoms with Crippen LogP contribution in [0.15, 0.2) is 85.1 Å². The molecule has 0 fully saturated rings. The Balaban J connectivity index is 4.52. The molecule has 6 heteroatoms. The molecule has 396 valence electrons. The molecule has 69 heavy (non-hydrogen) atoms. The zero-order valence-corrected chi connectivity index (χ0v) is 45.3. The van der Waals surface area contributed by atoms with Crippen LogP contribution < -0.4 is 0 Å². The van der Waals surface area contributed by atoms with E-state index in [2.05, 4.69) is 106 Å². The lowest BCUT2D eigenvalue weighted by molar-refractivity contribution is -0.167. The van der Waals surface area contributed by atoms with Gasteiger partial charge in [-0.15, -0.1) is 0 Å². The molecule has 0 unspecified atom stereocenters. The van der Waals surface area contributed by atoms with Crippen LogP contribution in [0, 0.1) is 0 Å². The smallest absolute Gasteiger partial charge is 0.306 e. The van der Waals surface area contributed by atoms with Gasteiger partial charge < -0.3 is 14.2 Å². The zero-order valence-electron chi connectivity index (χ0n) is 45.3. The standard InChI is InChI=1S/C63H108O6/c1-4-7-10-13-16-19-22-25-28-31-34-37-40-43-46-49-52-55-61(64)67-58-60(69-63(66)57-54-51-48-45-42-39-36-33-30-27-24-21-18-15-12-9-6-3)59-68-62(65)56-53-50-47-44-41-38-35-32-29-26-23-20-17-14-11-8-5-2/h16,19,25,27-28,30,34,36-37,39,43,45-46,48,60H,4-15,17-18,20-24,26,29,31-33,35,38,40-42,44,47,49-59H2,1-3H3/b19-16-,28-25-,30-27-,37-34-,39-36-,46-43-,48-45-/t60-/m1/s1. The Kier molecular flexibility index (Phi) is 54.3. The third-order valence-electron chi connectivity index (χ3n) is 12.4. The van der Waals surface area contributed by atoms with E-state index in [0.717, 1.165) is 64.2 Å². The molecule has 0 amide bonds. The van der Waals surface area contributed by atoms with Crippen LogP contribution in [0.2, 0.25) is 0 Å². The van der Waals surface area contributed by atoms with E-state index in [-0.39, 0.29) is 44.0 Å². The summed E-state index contributed by atoms with van der Waals surface area (Å²) in [6.07, 6.45) is 74.4. The second kappa shape index (κ2) is 57.2. The number of rotatable bonds is 52. The van der Waals surface area contributed by atoms with Gasteiger partial charge in [-0.05, 0) is 89.9 Å². The molecule has 6 nitrogen and oxygen atoms in total. The Morgan fingerprint density at radius 1 is 0.290 bits per heavy atom. The van der Waals surface area contributed by atoms with Crippen molar-refractivity contribution in [3.63, 3.8) is 0 Å². The largest absolute Gasteiger partial charge is 0.462 e. The fourth-order valence-electron chi connectivity index (χ4n) is 7.98. The van der Waals surface area contributed by atoms with E-state index in [1.165, 1.54) is 161 Å². The highest BCUT2D eigenvalue weighted by atomic mass is 16.6. The van der Waals surface area contributed by atoms with Gasteiger partial charge in [0.15, 0.2) is 6.10 Å². The van der Waals surface area contributed by atoms with E-state index in [1.54, 1.807) is 0 Å². The van der Waals surface area contributed by atoms with Gasteiger partial charge in [-0.2, -0.15) is 0 Å². The van der Waals surface area contributed by atoms with Crippen molar-refractivity contribution in [1.82, 2.24) is 0 Å². The van der Waals surface area contributed by atoms with Gasteiger partial charge in [-0.25, -0.2) is 0 Å². The van der Waals surface area contributed by atoms with Crippen LogP contribution in [0.5, 0.6) is 0 Å². The van der Waals surface area contributed by atoms with Crippen molar-refractivity contribution >= 4 is 17.9 Å². The summed E-state index contributed by atoms with van der Waals surface area (Å²) in [6.45, 7) is 6.54. The summed E-state index contributed by atoms with van der Waals surface area (Å²) >= 11 is 0. The zero-order chi connectivity index (χ0) is 50.0. The average Bonchev–Trinajstić information content (AvgIpc) is 3.35. The van der Waals surface area contributed by atoms with Gasteiger partial charge in [0.05, 0.1) is 0 Å². The molecule has 0 aliphatic heterocycles. The molecule has 0 saturated heterocycles. The molecule has 0 saturated carbocycles. The van der Waals surface area contributed by atoms with Crippen molar-refractivity contribution in [2.24, 2.45) is 0 Å². The molecule has 0 rings (SSSR count). The van der Waals surface area contributed by atoms with Gasteiger partial charge in [0.1, 0.15) is 13.2 Å². The van der Waals surface area contributed by atoms with Gasteiger partial charge >= 0.3 is 17.9 Å². The third kappa shape index (κ3) is 55.4. The topological polar surface area (TPSA) is 78.9 Å². The van der Waals surface area contributed by atoms with E-state index in [1.807, 2.05) is 0 Å². The Morgan fingerprint density at radius 3 is 0.899 bits per heavy atom. The third-order valence-corrected chi connectivity index (χ3v) is 12.4. The number of hydrogen-bond acceptors (Lipinski definition) is 6. The Hall–Kier alpha value is -3.41. The summed E-state index contributed by atoms with van der Waals surface area (Å²) in [4.78, 5) is 38.1. The highest BCUT2D eigenvalue weighted by Gasteiger charge is 2.19. The van der Waals surface area contributed by atoms with Crippen molar-refractivity contribution in [3.05, 3.63) is 85.1 Å². The first-order valence-corrected chi connectivity index (χ1v) is 29.1. The maximum Gasteiger partial charge on any atom is 0.306 e. The summed E-state index contributed by atoms with van der Waals surface area (Å²) in [6, 6.07) is 0. The summed E-state index contributed by atoms with van der Waals surface area (Å²) in [5, 5.41) is 0. The van der Waals surface area contributed by atoms with Crippen molar-refractivity contribution in [2.45, 2.75) is 284 Å². The Bertz CT molecular complexity index is 1330. The van der Waals surface area contributed by atoms with E-state index in [0.29, 0.717) is 19.3 Å². The summed E-state index contributed by atoms with van der Waals surface area (Å²) in [7, 11) is 0. The van der Waals surface area contributed by atoms with E-state index in [4.69, 9.17) is 14.2 Å². The molecule has 0 spiro atoms. The Morgan fingerprint density at radius 2 is 0.536 bits per heavy atom. The average molecular weight is 962 g/mol. The molecule has 0 aliphatic rings. The first-order valence-electron chi connectivity index (χ1n) is 29.1. The molecule has 0 N–H and O–H groups in total. The van der Waals surface area contributed by atoms with Crippen LogP contribution in [0.3, 0.4) is 0 Å². The molecular weight excluding hydrogens is 853 g/mol. The van der Waals surface area contributed by atoms with Crippen molar-refractivity contribution in [3.8, 4) is 0 Å². The monoisotopic (exact) mass is 961 g/mol. The van der Waals surface area contributed by atoms with Crippen molar-refractivity contribution < 1.29 is 28.6 Å². The molecule has 0 aliphatic carbocycles. The quantitative estimate of drug-likeness (QED) is 0.0262. The fourth-order valence-corrected chi connectivity index (χ4v) is 7.98. The predicted molar refractivity (Wildman–Crippen MR) is 297 cm³/mol. The van der Waals surface area contributed by atoms with Gasteiger partial charge in [-0.1, -0.05) is 254 Å². The maximum absolute atomic E-state index is 12.8. The molecule has 0 bridgehead atoms. The van der Waals surface area contributed by atoms with E-state index in [9.17, 15) is 14.4 Å². The minimum atomic E-state index is -0.824. The van der Waals surface area contributed by atoms with Gasteiger partial charge in [0.2, 0.25) is 0 Å². The minimum Gasteiger partial charge on any atom is -0.462 e. The van der Waals surface area contributed by atoms with Gasteiger partial charge in [0, 0.05) is 19.3 Å². The summed E-state index contributed by atoms with van der Waals surface area (Å²) in [5.74, 6) is -1.02. The van der Waals surface area contributed by atoms with Crippen LogP contribution in [-0.4, -0.2) is 37.2 Å². The SMILES string of the molecule is CCCCC/C=C\C/C=C\C/C=C\C/C=C\CCCC(=O)OC[C@H](COC(=O)CCCCCCCCCCCCCCCCCCC)OC(=O)CCC/C=C\C/C=C\C/C=C\CCCCCCCC. The lowest BCUT2D eigenvalue weighted by Gasteiger charge is -2.18.